The number of allylic oxidation sites excluding steroid dienone is 4. The first-order valence-corrected chi connectivity index (χ1v) is 10.9. The van der Waals surface area contributed by atoms with E-state index < -0.39 is 0 Å². The quantitative estimate of drug-likeness (QED) is 0.628. The Labute approximate surface area is 178 Å². The van der Waals surface area contributed by atoms with Gasteiger partial charge in [0.25, 0.3) is 0 Å². The number of carbonyl (C=O) groups excluding carboxylic acids is 1. The largest absolute Gasteiger partial charge is 0.359 e. The number of rotatable bonds is 6. The van der Waals surface area contributed by atoms with Crippen molar-refractivity contribution in [1.29, 1.82) is 5.41 Å². The van der Waals surface area contributed by atoms with Crippen LogP contribution in [0.2, 0.25) is 0 Å². The molecule has 30 heavy (non-hydrogen) atoms. The maximum atomic E-state index is 12.3. The standard InChI is InChI=1S/C23H31N5O2/c1-25-23-17(13-21(29)28(23)2)18-12-16(22(24)15-8-4-3-5-9-15)19(14-26-18)27-20-10-6-7-11-30-20/h4,8-9,12,14,17,20,23-25,27H,3,5-7,10-11,13H2,1-2H3. The summed E-state index contributed by atoms with van der Waals surface area (Å²) >= 11 is 0. The van der Waals surface area contributed by atoms with Gasteiger partial charge in [-0.2, -0.15) is 0 Å². The van der Waals surface area contributed by atoms with E-state index in [4.69, 9.17) is 15.1 Å². The summed E-state index contributed by atoms with van der Waals surface area (Å²) in [5.74, 6) is 0.0587. The molecule has 3 heterocycles. The number of nitrogens with zero attached hydrogens (tertiary/aromatic N) is 2. The predicted octanol–water partition coefficient (Wildman–Crippen LogP) is 3.16. The zero-order chi connectivity index (χ0) is 21.1. The Balaban J connectivity index is 1.68. The second-order valence-corrected chi connectivity index (χ2v) is 8.22. The molecule has 3 unspecified atom stereocenters. The van der Waals surface area contributed by atoms with Crippen molar-refractivity contribution < 1.29 is 9.53 Å². The Morgan fingerprint density at radius 1 is 1.33 bits per heavy atom. The first-order chi connectivity index (χ1) is 14.6. The van der Waals surface area contributed by atoms with Crippen molar-refractivity contribution in [3.05, 3.63) is 47.3 Å². The number of nitrogens with one attached hydrogen (secondary N) is 3. The van der Waals surface area contributed by atoms with E-state index in [-0.39, 0.29) is 24.2 Å². The van der Waals surface area contributed by atoms with E-state index in [1.165, 1.54) is 0 Å². The highest BCUT2D eigenvalue weighted by Gasteiger charge is 2.38. The van der Waals surface area contributed by atoms with Gasteiger partial charge in [0, 0.05) is 37.3 Å². The van der Waals surface area contributed by atoms with E-state index in [0.29, 0.717) is 12.1 Å². The topological polar surface area (TPSA) is 90.3 Å². The summed E-state index contributed by atoms with van der Waals surface area (Å²) in [5, 5.41) is 15.6. The normalized spacial score (nSPS) is 26.6. The highest BCUT2D eigenvalue weighted by molar-refractivity contribution is 6.15. The van der Waals surface area contributed by atoms with Gasteiger partial charge < -0.3 is 15.0 Å². The number of amides is 1. The molecule has 3 atom stereocenters. The summed E-state index contributed by atoms with van der Waals surface area (Å²) in [6, 6.07) is 1.98. The number of likely N-dealkylation sites (tertiary alicyclic amines) is 1. The van der Waals surface area contributed by atoms with E-state index in [2.05, 4.69) is 22.8 Å². The number of hydrogen-bond donors (Lipinski definition) is 3. The van der Waals surface area contributed by atoms with Crippen molar-refractivity contribution in [3.8, 4) is 0 Å². The highest BCUT2D eigenvalue weighted by atomic mass is 16.5. The van der Waals surface area contributed by atoms with Crippen molar-refractivity contribution in [2.75, 3.05) is 26.0 Å². The van der Waals surface area contributed by atoms with Crippen LogP contribution >= 0.6 is 0 Å². The van der Waals surface area contributed by atoms with Crippen molar-refractivity contribution in [1.82, 2.24) is 15.2 Å². The van der Waals surface area contributed by atoms with E-state index >= 15 is 0 Å². The van der Waals surface area contributed by atoms with Gasteiger partial charge in [0.05, 0.1) is 23.8 Å². The Morgan fingerprint density at radius 3 is 2.90 bits per heavy atom. The minimum Gasteiger partial charge on any atom is -0.359 e. The van der Waals surface area contributed by atoms with Crippen LogP contribution in [0.3, 0.4) is 0 Å². The molecule has 1 aromatic heterocycles. The van der Waals surface area contributed by atoms with Gasteiger partial charge in [-0.25, -0.2) is 0 Å². The smallest absolute Gasteiger partial charge is 0.224 e. The zero-order valence-electron chi connectivity index (χ0n) is 17.8. The highest BCUT2D eigenvalue weighted by Crippen LogP contribution is 2.33. The molecular weight excluding hydrogens is 378 g/mol. The first kappa shape index (κ1) is 20.8. The maximum absolute atomic E-state index is 12.3. The molecule has 2 fully saturated rings. The van der Waals surface area contributed by atoms with Crippen LogP contribution in [0.4, 0.5) is 5.69 Å². The molecular formula is C23H31N5O2. The van der Waals surface area contributed by atoms with Crippen LogP contribution in [0, 0.1) is 5.41 Å². The summed E-state index contributed by atoms with van der Waals surface area (Å²) in [6.07, 6.45) is 13.5. The van der Waals surface area contributed by atoms with Crippen LogP contribution in [-0.4, -0.2) is 54.6 Å². The number of hydrogen-bond acceptors (Lipinski definition) is 6. The Kier molecular flexibility index (Phi) is 6.29. The third-order valence-electron chi connectivity index (χ3n) is 6.24. The third-order valence-corrected chi connectivity index (χ3v) is 6.24. The lowest BCUT2D eigenvalue weighted by Crippen LogP contribution is -2.41. The molecule has 0 spiro atoms. The van der Waals surface area contributed by atoms with Gasteiger partial charge in [-0.1, -0.05) is 18.2 Å². The number of carbonyl (C=O) groups is 1. The molecule has 3 aliphatic rings. The van der Waals surface area contributed by atoms with E-state index in [9.17, 15) is 4.79 Å². The fraction of sp³-hybridized carbons (Fsp3) is 0.522. The molecule has 2 saturated heterocycles. The molecule has 0 radical (unpaired) electrons. The van der Waals surface area contributed by atoms with Crippen LogP contribution in [0.1, 0.15) is 55.7 Å². The Bertz CT molecular complexity index is 872. The molecule has 1 aromatic rings. The lowest BCUT2D eigenvalue weighted by atomic mass is 9.93. The van der Waals surface area contributed by atoms with E-state index in [1.54, 1.807) is 11.1 Å². The SMILES string of the molecule is CNC1C(c2cc(C(=N)C3=CCCC=C3)c(NC3CCCCO3)cn2)CC(=O)N1C. The fourth-order valence-corrected chi connectivity index (χ4v) is 4.51. The minimum atomic E-state index is -0.0960. The third kappa shape index (κ3) is 4.18. The van der Waals surface area contributed by atoms with E-state index in [0.717, 1.165) is 61.2 Å². The maximum Gasteiger partial charge on any atom is 0.224 e. The van der Waals surface area contributed by atoms with Crippen molar-refractivity contribution in [2.24, 2.45) is 0 Å². The molecule has 0 aromatic carbocycles. The van der Waals surface area contributed by atoms with Crippen molar-refractivity contribution >= 4 is 17.3 Å². The first-order valence-electron chi connectivity index (χ1n) is 10.9. The van der Waals surface area contributed by atoms with Crippen LogP contribution < -0.4 is 10.6 Å². The Hall–Kier alpha value is -2.51. The summed E-state index contributed by atoms with van der Waals surface area (Å²) < 4.78 is 5.86. The van der Waals surface area contributed by atoms with Crippen molar-refractivity contribution in [3.63, 3.8) is 0 Å². The number of anilines is 1. The molecule has 1 amide bonds. The summed E-state index contributed by atoms with van der Waals surface area (Å²) in [6.45, 7) is 0.754. The molecule has 0 saturated carbocycles. The Morgan fingerprint density at radius 2 is 2.20 bits per heavy atom. The van der Waals surface area contributed by atoms with Gasteiger partial charge in [-0.3, -0.25) is 20.5 Å². The molecule has 3 N–H and O–H groups in total. The molecule has 1 aliphatic carbocycles. The van der Waals surface area contributed by atoms with Gasteiger partial charge in [-0.05, 0) is 50.8 Å². The van der Waals surface area contributed by atoms with Gasteiger partial charge in [-0.15, -0.1) is 0 Å². The molecule has 7 nitrogen and oxygen atoms in total. The lowest BCUT2D eigenvalue weighted by molar-refractivity contribution is -0.127. The molecule has 160 valence electrons. The van der Waals surface area contributed by atoms with Crippen LogP contribution in [0.5, 0.6) is 0 Å². The van der Waals surface area contributed by atoms with E-state index in [1.807, 2.05) is 26.2 Å². The van der Waals surface area contributed by atoms with Gasteiger partial charge in [0.1, 0.15) is 6.23 Å². The van der Waals surface area contributed by atoms with Crippen LogP contribution in [0.25, 0.3) is 0 Å². The van der Waals surface area contributed by atoms with Gasteiger partial charge >= 0.3 is 0 Å². The van der Waals surface area contributed by atoms with Crippen molar-refractivity contribution in [2.45, 2.75) is 56.8 Å². The molecule has 7 heteroatoms. The van der Waals surface area contributed by atoms with Gasteiger partial charge in [0.15, 0.2) is 0 Å². The van der Waals surface area contributed by atoms with Crippen LogP contribution in [-0.2, 0) is 9.53 Å². The number of likely N-dealkylation sites (N-methyl/N-ethyl adjacent to an activating group) is 2. The number of pyridine rings is 1. The molecule has 2 aliphatic heterocycles. The minimum absolute atomic E-state index is 0.0464. The average Bonchev–Trinajstić information content (AvgIpc) is 3.08. The zero-order valence-corrected chi connectivity index (χ0v) is 17.8. The predicted molar refractivity (Wildman–Crippen MR) is 118 cm³/mol. The second kappa shape index (κ2) is 9.10. The second-order valence-electron chi connectivity index (χ2n) is 8.22. The summed E-state index contributed by atoms with van der Waals surface area (Å²) in [7, 11) is 3.68. The molecule has 4 rings (SSSR count). The molecule has 0 bridgehead atoms. The number of aromatic nitrogens is 1. The number of ether oxygens (including phenoxy) is 1. The van der Waals surface area contributed by atoms with Crippen LogP contribution in [0.15, 0.2) is 36.1 Å². The lowest BCUT2D eigenvalue weighted by Gasteiger charge is -2.27. The average molecular weight is 410 g/mol. The summed E-state index contributed by atoms with van der Waals surface area (Å²) in [4.78, 5) is 18.7. The monoisotopic (exact) mass is 409 g/mol. The fourth-order valence-electron chi connectivity index (χ4n) is 4.51. The van der Waals surface area contributed by atoms with Gasteiger partial charge in [0.2, 0.25) is 5.91 Å². The summed E-state index contributed by atoms with van der Waals surface area (Å²) in [5.41, 5.74) is 3.86.